The van der Waals surface area contributed by atoms with E-state index < -0.39 is 0 Å². The van der Waals surface area contributed by atoms with Gasteiger partial charge in [-0.1, -0.05) is 27.2 Å². The highest BCUT2D eigenvalue weighted by atomic mass is 79.9. The highest BCUT2D eigenvalue weighted by Gasteiger charge is 2.07. The van der Waals surface area contributed by atoms with E-state index in [2.05, 4.69) is 58.2 Å². The molecule has 0 aliphatic rings. The molecular weight excluding hydrogens is 386 g/mol. The maximum Gasteiger partial charge on any atom is 0.159 e. The summed E-state index contributed by atoms with van der Waals surface area (Å²) in [6.45, 7) is 0.644. The number of halogens is 2. The van der Waals surface area contributed by atoms with E-state index in [-0.39, 0.29) is 0 Å². The Morgan fingerprint density at radius 1 is 1.10 bits per heavy atom. The summed E-state index contributed by atoms with van der Waals surface area (Å²) in [5, 5.41) is 7.78. The number of nitrogens with zero attached hydrogens (tertiary/aromatic N) is 5. The van der Waals surface area contributed by atoms with E-state index >= 15 is 0 Å². The molecule has 0 bridgehead atoms. The molecule has 0 aliphatic carbocycles. The number of aromatic nitrogens is 5. The molecule has 0 aliphatic heterocycles. The third-order valence-electron chi connectivity index (χ3n) is 2.73. The van der Waals surface area contributed by atoms with Crippen molar-refractivity contribution in [3.05, 3.63) is 57.5 Å². The molecule has 0 atom stereocenters. The van der Waals surface area contributed by atoms with Gasteiger partial charge in [0.1, 0.15) is 0 Å². The third-order valence-corrected chi connectivity index (χ3v) is 3.91. The zero-order valence-corrected chi connectivity index (χ0v) is 13.4. The van der Waals surface area contributed by atoms with Crippen LogP contribution in [-0.4, -0.2) is 25.0 Å². The molecule has 0 N–H and O–H groups in total. The van der Waals surface area contributed by atoms with Crippen LogP contribution < -0.4 is 0 Å². The van der Waals surface area contributed by atoms with E-state index in [9.17, 15) is 0 Å². The second-order valence-corrected chi connectivity index (χ2v) is 5.90. The van der Waals surface area contributed by atoms with Crippen molar-refractivity contribution >= 4 is 31.9 Å². The molecular formula is C13H9Br2N5. The first-order chi connectivity index (χ1) is 9.72. The molecule has 3 aromatic rings. The van der Waals surface area contributed by atoms with E-state index in [1.165, 1.54) is 0 Å². The van der Waals surface area contributed by atoms with Crippen molar-refractivity contribution in [3.8, 4) is 11.4 Å². The first-order valence-electron chi connectivity index (χ1n) is 5.83. The quantitative estimate of drug-likeness (QED) is 0.683. The number of benzene rings is 1. The maximum atomic E-state index is 4.31. The molecule has 0 spiro atoms. The van der Waals surface area contributed by atoms with Gasteiger partial charge in [-0.3, -0.25) is 0 Å². The van der Waals surface area contributed by atoms with E-state index in [0.29, 0.717) is 12.4 Å². The fourth-order valence-electron chi connectivity index (χ4n) is 1.79. The van der Waals surface area contributed by atoms with Crippen molar-refractivity contribution < 1.29 is 0 Å². The van der Waals surface area contributed by atoms with Crippen molar-refractivity contribution in [2.75, 3.05) is 0 Å². The van der Waals surface area contributed by atoms with Gasteiger partial charge in [-0.05, 0) is 33.6 Å². The Balaban J connectivity index is 1.95. The van der Waals surface area contributed by atoms with Gasteiger partial charge in [0.25, 0.3) is 0 Å². The molecule has 0 fully saturated rings. The first-order valence-corrected chi connectivity index (χ1v) is 7.41. The summed E-state index contributed by atoms with van der Waals surface area (Å²) in [5.74, 6) is 0.695. The van der Waals surface area contributed by atoms with Crippen molar-refractivity contribution in [3.63, 3.8) is 0 Å². The highest BCUT2D eigenvalue weighted by molar-refractivity contribution is 9.10. The fourth-order valence-corrected chi connectivity index (χ4v) is 2.36. The third kappa shape index (κ3) is 2.94. The fraction of sp³-hybridized carbons (Fsp3) is 0.0769. The van der Waals surface area contributed by atoms with Crippen LogP contribution in [0.2, 0.25) is 0 Å². The number of hydrogen-bond acceptors (Lipinski definition) is 4. The lowest BCUT2D eigenvalue weighted by molar-refractivity contribution is 0.648. The zero-order valence-electron chi connectivity index (χ0n) is 10.2. The van der Waals surface area contributed by atoms with Crippen LogP contribution in [0.5, 0.6) is 0 Å². The summed E-state index contributed by atoms with van der Waals surface area (Å²) < 4.78 is 3.65. The number of hydrogen-bond donors (Lipinski definition) is 0. The van der Waals surface area contributed by atoms with Gasteiger partial charge in [0, 0.05) is 28.6 Å². The largest absolute Gasteiger partial charge is 0.248 e. The molecule has 3 rings (SSSR count). The smallest absolute Gasteiger partial charge is 0.159 e. The monoisotopic (exact) mass is 393 g/mol. The molecule has 0 unspecified atom stereocenters. The van der Waals surface area contributed by atoms with E-state index in [0.717, 1.165) is 20.1 Å². The minimum atomic E-state index is 0.644. The molecule has 0 amide bonds. The van der Waals surface area contributed by atoms with Gasteiger partial charge in [0.2, 0.25) is 0 Å². The number of rotatable bonds is 3. The Morgan fingerprint density at radius 3 is 2.60 bits per heavy atom. The Hall–Kier alpha value is -1.60. The molecule has 5 nitrogen and oxygen atoms in total. The predicted octanol–water partition coefficient (Wildman–Crippen LogP) is 3.31. The van der Waals surface area contributed by atoms with Gasteiger partial charge in [0.05, 0.1) is 17.2 Å². The van der Waals surface area contributed by atoms with Crippen molar-refractivity contribution in [1.29, 1.82) is 0 Å². The minimum Gasteiger partial charge on any atom is -0.248 e. The topological polar surface area (TPSA) is 56.5 Å². The SMILES string of the molecule is Brc1cnc(-c2ccc(Br)c(Cn3ccnn3)c2)nc1. The molecule has 1 aromatic carbocycles. The van der Waals surface area contributed by atoms with Gasteiger partial charge < -0.3 is 0 Å². The second-order valence-electron chi connectivity index (χ2n) is 4.13. The normalized spacial score (nSPS) is 10.7. The van der Waals surface area contributed by atoms with Crippen LogP contribution in [0, 0.1) is 0 Å². The van der Waals surface area contributed by atoms with Gasteiger partial charge in [-0.25, -0.2) is 14.6 Å². The molecule has 2 heterocycles. The lowest BCUT2D eigenvalue weighted by Gasteiger charge is -2.07. The lowest BCUT2D eigenvalue weighted by atomic mass is 10.1. The average molecular weight is 395 g/mol. The molecule has 0 saturated heterocycles. The Kier molecular flexibility index (Phi) is 3.88. The minimum absolute atomic E-state index is 0.644. The Labute approximate surface area is 132 Å². The molecule has 2 aromatic heterocycles. The van der Waals surface area contributed by atoms with Crippen LogP contribution >= 0.6 is 31.9 Å². The van der Waals surface area contributed by atoms with Gasteiger partial charge >= 0.3 is 0 Å². The van der Waals surface area contributed by atoms with Crippen LogP contribution in [0.25, 0.3) is 11.4 Å². The first kappa shape index (κ1) is 13.4. The lowest BCUT2D eigenvalue weighted by Crippen LogP contribution is -2.02. The molecule has 100 valence electrons. The maximum absolute atomic E-state index is 4.31. The summed E-state index contributed by atoms with van der Waals surface area (Å²) in [6, 6.07) is 6.03. The Morgan fingerprint density at radius 2 is 1.90 bits per heavy atom. The zero-order chi connectivity index (χ0) is 13.9. The standard InChI is InChI=1S/C13H9Br2N5/c14-11-6-16-13(17-7-11)9-1-2-12(15)10(5-9)8-20-4-3-18-19-20/h1-7H,8H2. The summed E-state index contributed by atoms with van der Waals surface area (Å²) in [5.41, 5.74) is 2.07. The van der Waals surface area contributed by atoms with E-state index in [1.807, 2.05) is 18.3 Å². The summed E-state index contributed by atoms with van der Waals surface area (Å²) in [6.07, 6.45) is 6.97. The van der Waals surface area contributed by atoms with Crippen molar-refractivity contribution in [2.45, 2.75) is 6.54 Å². The van der Waals surface area contributed by atoms with Crippen LogP contribution in [-0.2, 0) is 6.54 Å². The predicted molar refractivity (Wildman–Crippen MR) is 82.0 cm³/mol. The second kappa shape index (κ2) is 5.80. The molecule has 0 saturated carbocycles. The van der Waals surface area contributed by atoms with Gasteiger partial charge in [-0.2, -0.15) is 0 Å². The van der Waals surface area contributed by atoms with Crippen LogP contribution in [0.1, 0.15) is 5.56 Å². The molecule has 20 heavy (non-hydrogen) atoms. The molecule has 0 radical (unpaired) electrons. The van der Waals surface area contributed by atoms with Crippen molar-refractivity contribution in [2.24, 2.45) is 0 Å². The van der Waals surface area contributed by atoms with Gasteiger partial charge in [0.15, 0.2) is 5.82 Å². The van der Waals surface area contributed by atoms with Crippen LogP contribution in [0.15, 0.2) is 51.9 Å². The van der Waals surface area contributed by atoms with Crippen LogP contribution in [0.3, 0.4) is 0 Å². The summed E-state index contributed by atoms with van der Waals surface area (Å²) in [7, 11) is 0. The van der Waals surface area contributed by atoms with Crippen molar-refractivity contribution in [1.82, 2.24) is 25.0 Å². The van der Waals surface area contributed by atoms with Crippen LogP contribution in [0.4, 0.5) is 0 Å². The molecule has 7 heteroatoms. The van der Waals surface area contributed by atoms with E-state index in [1.54, 1.807) is 23.3 Å². The summed E-state index contributed by atoms with van der Waals surface area (Å²) in [4.78, 5) is 8.62. The highest BCUT2D eigenvalue weighted by Crippen LogP contribution is 2.24. The summed E-state index contributed by atoms with van der Waals surface area (Å²) >= 11 is 6.88. The Bertz CT molecular complexity index is 710. The van der Waals surface area contributed by atoms with Gasteiger partial charge in [-0.15, -0.1) is 5.10 Å². The van der Waals surface area contributed by atoms with E-state index in [4.69, 9.17) is 0 Å². The average Bonchev–Trinajstić information content (AvgIpc) is 2.95.